The van der Waals surface area contributed by atoms with E-state index in [9.17, 15) is 0 Å². The molecule has 1 aromatic rings. The van der Waals surface area contributed by atoms with Gasteiger partial charge in [0.2, 0.25) is 0 Å². The number of hydrogen-bond acceptors (Lipinski definition) is 2. The lowest BCUT2D eigenvalue weighted by atomic mass is 10.3. The minimum Gasteiger partial charge on any atom is -0.352 e. The van der Waals surface area contributed by atoms with Crippen LogP contribution in [0.1, 0.15) is 26.3 Å². The second kappa shape index (κ2) is 3.84. The van der Waals surface area contributed by atoms with Gasteiger partial charge in [0.1, 0.15) is 4.64 Å². The van der Waals surface area contributed by atoms with E-state index in [0.717, 1.165) is 10.2 Å². The number of rotatable bonds is 1. The summed E-state index contributed by atoms with van der Waals surface area (Å²) < 4.78 is 1.08. The van der Waals surface area contributed by atoms with E-state index < -0.39 is 0 Å². The zero-order valence-corrected chi connectivity index (χ0v) is 10.1. The Balaban J connectivity index is 2.92. The number of aromatic nitrogens is 1. The summed E-state index contributed by atoms with van der Waals surface area (Å²) in [6, 6.07) is 2.13. The van der Waals surface area contributed by atoms with E-state index >= 15 is 0 Å². The Kier molecular flexibility index (Phi) is 3.19. The lowest BCUT2D eigenvalue weighted by Gasteiger charge is -2.17. The number of nitrogens with one attached hydrogen (secondary N) is 1. The van der Waals surface area contributed by atoms with Crippen LogP contribution in [0.5, 0.6) is 0 Å². The van der Waals surface area contributed by atoms with Gasteiger partial charge < -0.3 is 4.98 Å². The van der Waals surface area contributed by atoms with Crippen molar-refractivity contribution in [3.8, 4) is 0 Å². The highest BCUT2D eigenvalue weighted by Crippen LogP contribution is 2.31. The fraction of sp³-hybridized carbons (Fsp3) is 0.500. The molecule has 0 radical (unpaired) electrons. The van der Waals surface area contributed by atoms with Crippen LogP contribution in [0.4, 0.5) is 0 Å². The maximum absolute atomic E-state index is 5.09. The molecule has 0 aliphatic heterocycles. The molecule has 0 unspecified atom stereocenters. The first-order valence-electron chi connectivity index (χ1n) is 4.27. The van der Waals surface area contributed by atoms with E-state index in [1.807, 2.05) is 24.9 Å². The van der Waals surface area contributed by atoms with Gasteiger partial charge in [-0.1, -0.05) is 33.0 Å². The fourth-order valence-corrected chi connectivity index (χ4v) is 2.16. The van der Waals surface area contributed by atoms with Crippen molar-refractivity contribution in [3.05, 3.63) is 22.5 Å². The Morgan fingerprint density at radius 2 is 2.00 bits per heavy atom. The zero-order chi connectivity index (χ0) is 10.1. The molecule has 0 fully saturated rings. The minimum absolute atomic E-state index is 0.253. The lowest BCUT2D eigenvalue weighted by molar-refractivity contribution is 0.802. The van der Waals surface area contributed by atoms with Gasteiger partial charge in [-0.3, -0.25) is 0 Å². The molecule has 1 aromatic heterocycles. The van der Waals surface area contributed by atoms with Crippen molar-refractivity contribution in [1.82, 2.24) is 4.98 Å². The quantitative estimate of drug-likeness (QED) is 0.561. The largest absolute Gasteiger partial charge is 0.352 e. The zero-order valence-electron chi connectivity index (χ0n) is 8.47. The second-order valence-corrected chi connectivity index (χ2v) is 6.37. The Morgan fingerprint density at radius 1 is 1.38 bits per heavy atom. The highest BCUT2D eigenvalue weighted by Gasteiger charge is 2.11. The normalized spacial score (nSPS) is 11.7. The van der Waals surface area contributed by atoms with Gasteiger partial charge in [-0.05, 0) is 18.6 Å². The molecule has 0 saturated heterocycles. The van der Waals surface area contributed by atoms with E-state index in [4.69, 9.17) is 12.2 Å². The van der Waals surface area contributed by atoms with E-state index in [2.05, 4.69) is 31.8 Å². The van der Waals surface area contributed by atoms with Gasteiger partial charge in [0, 0.05) is 15.8 Å². The molecular weight excluding hydrogens is 198 g/mol. The molecule has 72 valence electrons. The molecule has 0 bridgehead atoms. The predicted molar refractivity (Wildman–Crippen MR) is 62.0 cm³/mol. The van der Waals surface area contributed by atoms with Gasteiger partial charge in [0.25, 0.3) is 0 Å². The first kappa shape index (κ1) is 10.8. The molecule has 1 nitrogen and oxygen atoms in total. The van der Waals surface area contributed by atoms with Gasteiger partial charge in [-0.25, -0.2) is 0 Å². The van der Waals surface area contributed by atoms with Crippen LogP contribution >= 0.6 is 24.0 Å². The number of thioether (sulfide) groups is 1. The Labute approximate surface area is 89.0 Å². The van der Waals surface area contributed by atoms with E-state index in [0.29, 0.717) is 0 Å². The molecule has 1 N–H and O–H groups in total. The number of aromatic amines is 1. The first-order chi connectivity index (χ1) is 5.88. The van der Waals surface area contributed by atoms with Crippen LogP contribution in [0.15, 0.2) is 17.2 Å². The van der Waals surface area contributed by atoms with Crippen molar-refractivity contribution in [1.29, 1.82) is 0 Å². The number of H-pyrrole nitrogens is 1. The summed E-state index contributed by atoms with van der Waals surface area (Å²) in [7, 11) is 0. The Bertz CT molecular complexity index is 347. The summed E-state index contributed by atoms with van der Waals surface area (Å²) in [6.45, 7) is 8.64. The molecule has 3 heteroatoms. The molecule has 0 aliphatic carbocycles. The average molecular weight is 213 g/mol. The van der Waals surface area contributed by atoms with Crippen molar-refractivity contribution in [2.45, 2.75) is 37.3 Å². The molecule has 0 amide bonds. The van der Waals surface area contributed by atoms with Crippen LogP contribution < -0.4 is 0 Å². The monoisotopic (exact) mass is 213 g/mol. The molecule has 1 heterocycles. The molecule has 0 aromatic carbocycles. The van der Waals surface area contributed by atoms with Crippen LogP contribution in [0.3, 0.4) is 0 Å². The highest BCUT2D eigenvalue weighted by molar-refractivity contribution is 8.00. The lowest BCUT2D eigenvalue weighted by Crippen LogP contribution is -2.06. The molecule has 0 atom stereocenters. The summed E-state index contributed by atoms with van der Waals surface area (Å²) >= 11 is 6.94. The number of pyridine rings is 1. The average Bonchev–Trinajstić information content (AvgIpc) is 1.94. The van der Waals surface area contributed by atoms with Crippen molar-refractivity contribution in [3.63, 3.8) is 0 Å². The van der Waals surface area contributed by atoms with Gasteiger partial charge in [0.05, 0.1) is 0 Å². The van der Waals surface area contributed by atoms with Crippen LogP contribution in [-0.2, 0) is 0 Å². The maximum atomic E-state index is 5.09. The Hall–Kier alpha value is -0.280. The summed E-state index contributed by atoms with van der Waals surface area (Å²) in [5.74, 6) is 0. The Morgan fingerprint density at radius 3 is 2.46 bits per heavy atom. The third-order valence-electron chi connectivity index (χ3n) is 1.49. The third-order valence-corrected chi connectivity index (χ3v) is 3.01. The smallest absolute Gasteiger partial charge is 0.106 e. The standard InChI is InChI=1S/C10H15NS2/c1-7-5-8(6-11-9(7)12)13-10(2,3)4/h5-6H,1-4H3,(H,11,12). The minimum atomic E-state index is 0.253. The van der Waals surface area contributed by atoms with Crippen LogP contribution in [0.25, 0.3) is 0 Å². The van der Waals surface area contributed by atoms with E-state index in [-0.39, 0.29) is 4.75 Å². The SMILES string of the molecule is Cc1cc(SC(C)(C)C)c[nH]c1=S. The number of hydrogen-bond donors (Lipinski definition) is 1. The second-order valence-electron chi connectivity index (χ2n) is 4.06. The predicted octanol–water partition coefficient (Wildman–Crippen LogP) is 3.94. The van der Waals surface area contributed by atoms with Crippen molar-refractivity contribution < 1.29 is 0 Å². The molecule has 1 rings (SSSR count). The molecule has 0 saturated carbocycles. The summed E-state index contributed by atoms with van der Waals surface area (Å²) in [6.07, 6.45) is 1.98. The third kappa shape index (κ3) is 3.53. The van der Waals surface area contributed by atoms with Crippen molar-refractivity contribution >= 4 is 24.0 Å². The van der Waals surface area contributed by atoms with E-state index in [1.165, 1.54) is 4.90 Å². The van der Waals surface area contributed by atoms with Gasteiger partial charge in [-0.2, -0.15) is 0 Å². The molecule has 0 spiro atoms. The topological polar surface area (TPSA) is 15.8 Å². The summed E-state index contributed by atoms with van der Waals surface area (Å²) in [5, 5.41) is 0. The van der Waals surface area contributed by atoms with Gasteiger partial charge in [0.15, 0.2) is 0 Å². The summed E-state index contributed by atoms with van der Waals surface area (Å²) in [4.78, 5) is 4.33. The van der Waals surface area contributed by atoms with Crippen molar-refractivity contribution in [2.75, 3.05) is 0 Å². The summed E-state index contributed by atoms with van der Waals surface area (Å²) in [5.41, 5.74) is 1.14. The first-order valence-corrected chi connectivity index (χ1v) is 5.49. The van der Waals surface area contributed by atoms with Gasteiger partial charge in [-0.15, -0.1) is 11.8 Å². The molecular formula is C10H15NS2. The molecule has 0 aliphatic rings. The molecule has 13 heavy (non-hydrogen) atoms. The number of aryl methyl sites for hydroxylation is 1. The maximum Gasteiger partial charge on any atom is 0.106 e. The van der Waals surface area contributed by atoms with Gasteiger partial charge >= 0.3 is 0 Å². The highest BCUT2D eigenvalue weighted by atomic mass is 32.2. The van der Waals surface area contributed by atoms with Crippen LogP contribution in [-0.4, -0.2) is 9.73 Å². The van der Waals surface area contributed by atoms with Crippen LogP contribution in [0, 0.1) is 11.6 Å². The van der Waals surface area contributed by atoms with Crippen molar-refractivity contribution in [2.24, 2.45) is 0 Å². The van der Waals surface area contributed by atoms with E-state index in [1.54, 1.807) is 0 Å². The fourth-order valence-electron chi connectivity index (χ4n) is 0.984. The van der Waals surface area contributed by atoms with Crippen LogP contribution in [0.2, 0.25) is 0 Å².